The van der Waals surface area contributed by atoms with Crippen LogP contribution in [0.25, 0.3) is 0 Å². The van der Waals surface area contributed by atoms with Gasteiger partial charge in [-0.3, -0.25) is 9.11 Å². The Morgan fingerprint density at radius 3 is 1.21 bits per heavy atom. The average molecular weight is 583 g/mol. The normalized spacial score (nSPS) is 12.1. The Hall–Kier alpha value is -1.94. The molecule has 0 saturated heterocycles. The minimum absolute atomic E-state index is 0.170. The largest absolute Gasteiger partial charge is 0.454 e. The molecule has 220 valence electrons. The lowest BCUT2D eigenvalue weighted by Gasteiger charge is -2.17. The lowest BCUT2D eigenvalue weighted by Crippen LogP contribution is -2.09. The molecule has 0 heterocycles. The van der Waals surface area contributed by atoms with E-state index in [0.29, 0.717) is 24.0 Å². The van der Waals surface area contributed by atoms with E-state index in [1.54, 1.807) is 24.3 Å². The SMILES string of the molecule is CCCCCCCCCc1cccc(Oc2cccc(CCCCCCCCC)c2S(=O)(=O)O)c1S(=O)(=O)O. The predicted octanol–water partition coefficient (Wildman–Crippen LogP) is 8.56. The summed E-state index contributed by atoms with van der Waals surface area (Å²) in [6.45, 7) is 4.33. The van der Waals surface area contributed by atoms with Gasteiger partial charge in [-0.2, -0.15) is 16.8 Å². The second kappa shape index (κ2) is 17.0. The molecule has 0 saturated carbocycles. The lowest BCUT2D eigenvalue weighted by molar-refractivity contribution is 0.430. The van der Waals surface area contributed by atoms with Gasteiger partial charge in [0.2, 0.25) is 0 Å². The van der Waals surface area contributed by atoms with Crippen LogP contribution >= 0.6 is 0 Å². The molecule has 0 aliphatic carbocycles. The zero-order chi connectivity index (χ0) is 28.7. The Bertz CT molecular complexity index is 1130. The predicted molar refractivity (Wildman–Crippen MR) is 156 cm³/mol. The van der Waals surface area contributed by atoms with Gasteiger partial charge < -0.3 is 4.74 Å². The van der Waals surface area contributed by atoms with E-state index < -0.39 is 20.2 Å². The molecule has 2 aromatic rings. The van der Waals surface area contributed by atoms with Crippen molar-refractivity contribution in [2.45, 2.75) is 126 Å². The van der Waals surface area contributed by atoms with Crippen LogP contribution < -0.4 is 4.74 Å². The van der Waals surface area contributed by atoms with E-state index in [9.17, 15) is 25.9 Å². The van der Waals surface area contributed by atoms with Crippen molar-refractivity contribution in [3.05, 3.63) is 47.5 Å². The summed E-state index contributed by atoms with van der Waals surface area (Å²) in [5.74, 6) is -0.341. The van der Waals surface area contributed by atoms with Crippen molar-refractivity contribution in [2.75, 3.05) is 0 Å². The van der Waals surface area contributed by atoms with Crippen LogP contribution in [0, 0.1) is 0 Å². The molecule has 2 rings (SSSR count). The van der Waals surface area contributed by atoms with E-state index in [1.807, 2.05) is 0 Å². The highest BCUT2D eigenvalue weighted by Crippen LogP contribution is 2.37. The monoisotopic (exact) mass is 582 g/mol. The van der Waals surface area contributed by atoms with Crippen LogP contribution in [-0.2, 0) is 33.1 Å². The van der Waals surface area contributed by atoms with E-state index in [2.05, 4.69) is 13.8 Å². The van der Waals surface area contributed by atoms with E-state index in [1.165, 1.54) is 50.7 Å². The second-order valence-corrected chi connectivity index (χ2v) is 13.0. The number of benzene rings is 2. The molecule has 39 heavy (non-hydrogen) atoms. The molecule has 2 N–H and O–H groups in total. The number of rotatable bonds is 20. The minimum Gasteiger partial charge on any atom is -0.454 e. The Kier molecular flexibility index (Phi) is 14.5. The topological polar surface area (TPSA) is 118 Å². The molecular formula is C30H46O7S2. The molecule has 0 aromatic heterocycles. The van der Waals surface area contributed by atoms with Crippen molar-refractivity contribution in [3.63, 3.8) is 0 Å². The molecule has 0 atom stereocenters. The number of aryl methyl sites for hydroxylation is 2. The quantitative estimate of drug-likeness (QED) is 0.119. The maximum Gasteiger partial charge on any atom is 0.298 e. The highest BCUT2D eigenvalue weighted by atomic mass is 32.2. The molecule has 0 radical (unpaired) electrons. The van der Waals surface area contributed by atoms with Gasteiger partial charge in [0.15, 0.2) is 0 Å². The zero-order valence-electron chi connectivity index (χ0n) is 23.5. The Labute approximate surface area is 235 Å². The summed E-state index contributed by atoms with van der Waals surface area (Å²) in [7, 11) is -9.32. The fourth-order valence-electron chi connectivity index (χ4n) is 4.93. The maximum absolute atomic E-state index is 12.4. The van der Waals surface area contributed by atoms with Crippen molar-refractivity contribution in [1.29, 1.82) is 0 Å². The first kappa shape index (κ1) is 33.3. The molecule has 0 amide bonds. The summed E-state index contributed by atoms with van der Waals surface area (Å²) < 4.78 is 75.5. The van der Waals surface area contributed by atoms with Crippen LogP contribution in [0.1, 0.15) is 115 Å². The van der Waals surface area contributed by atoms with Gasteiger partial charge in [0.05, 0.1) is 0 Å². The Morgan fingerprint density at radius 1 is 0.538 bits per heavy atom. The number of unbranched alkanes of at least 4 members (excludes halogenated alkanes) is 12. The fourth-order valence-corrected chi connectivity index (χ4v) is 6.66. The van der Waals surface area contributed by atoms with Crippen molar-refractivity contribution in [3.8, 4) is 11.5 Å². The van der Waals surface area contributed by atoms with Gasteiger partial charge in [-0.25, -0.2) is 0 Å². The van der Waals surface area contributed by atoms with Crippen LogP contribution in [0.15, 0.2) is 46.2 Å². The van der Waals surface area contributed by atoms with Crippen molar-refractivity contribution < 1.29 is 30.7 Å². The molecule has 0 unspecified atom stereocenters. The van der Waals surface area contributed by atoms with Crippen LogP contribution in [-0.4, -0.2) is 25.9 Å². The standard InChI is InChI=1S/C30H46O7S2/c1-3-5-7-9-11-13-15-19-25-21-17-23-27(29(25)38(31,32)33)37-28-24-18-22-26(30(28)39(34,35)36)20-16-14-12-10-8-6-4-2/h17-18,21-24H,3-16,19-20H2,1-2H3,(H,31,32,33)(H,34,35,36). The summed E-state index contributed by atoms with van der Waals surface area (Å²) in [5.41, 5.74) is 0.826. The summed E-state index contributed by atoms with van der Waals surface area (Å²) >= 11 is 0. The molecule has 0 aliphatic rings. The Morgan fingerprint density at radius 2 is 0.872 bits per heavy atom. The van der Waals surface area contributed by atoms with Crippen LogP contribution in [0.5, 0.6) is 11.5 Å². The van der Waals surface area contributed by atoms with Crippen molar-refractivity contribution in [2.24, 2.45) is 0 Å². The van der Waals surface area contributed by atoms with E-state index in [0.717, 1.165) is 51.4 Å². The highest BCUT2D eigenvalue weighted by molar-refractivity contribution is 7.86. The molecule has 9 heteroatoms. The zero-order valence-corrected chi connectivity index (χ0v) is 25.2. The molecule has 7 nitrogen and oxygen atoms in total. The van der Waals surface area contributed by atoms with Crippen LogP contribution in [0.3, 0.4) is 0 Å². The maximum atomic E-state index is 12.4. The van der Waals surface area contributed by atoms with Gasteiger partial charge in [-0.15, -0.1) is 0 Å². The first-order valence-electron chi connectivity index (χ1n) is 14.5. The summed E-state index contributed by atoms with van der Waals surface area (Å²) in [6, 6.07) is 9.27. The summed E-state index contributed by atoms with van der Waals surface area (Å²) in [6.07, 6.45) is 15.8. The van der Waals surface area contributed by atoms with Crippen molar-refractivity contribution in [1.82, 2.24) is 0 Å². The van der Waals surface area contributed by atoms with E-state index in [-0.39, 0.29) is 21.3 Å². The van der Waals surface area contributed by atoms with E-state index >= 15 is 0 Å². The molecule has 0 spiro atoms. The average Bonchev–Trinajstić information content (AvgIpc) is 2.86. The minimum atomic E-state index is -4.66. The first-order chi connectivity index (χ1) is 18.6. The second-order valence-electron chi connectivity index (χ2n) is 10.3. The number of hydrogen-bond acceptors (Lipinski definition) is 5. The fraction of sp³-hybridized carbons (Fsp3) is 0.600. The third kappa shape index (κ3) is 11.6. The van der Waals surface area contributed by atoms with Gasteiger partial charge >= 0.3 is 0 Å². The molecule has 0 aliphatic heterocycles. The van der Waals surface area contributed by atoms with Gasteiger partial charge in [0, 0.05) is 0 Å². The molecule has 0 fully saturated rings. The van der Waals surface area contributed by atoms with E-state index in [4.69, 9.17) is 4.74 Å². The van der Waals surface area contributed by atoms with Crippen LogP contribution in [0.2, 0.25) is 0 Å². The third-order valence-corrected chi connectivity index (χ3v) is 8.91. The number of hydrogen-bond donors (Lipinski definition) is 2. The summed E-state index contributed by atoms with van der Waals surface area (Å²) in [5, 5.41) is 0. The van der Waals surface area contributed by atoms with Gasteiger partial charge in [0.1, 0.15) is 21.3 Å². The first-order valence-corrected chi connectivity index (χ1v) is 17.3. The number of ether oxygens (including phenoxy) is 1. The smallest absolute Gasteiger partial charge is 0.298 e. The molecule has 2 aromatic carbocycles. The van der Waals surface area contributed by atoms with Gasteiger partial charge in [-0.1, -0.05) is 115 Å². The molecular weight excluding hydrogens is 536 g/mol. The van der Waals surface area contributed by atoms with Crippen molar-refractivity contribution >= 4 is 20.2 Å². The third-order valence-electron chi connectivity index (χ3n) is 6.96. The van der Waals surface area contributed by atoms with Crippen LogP contribution in [0.4, 0.5) is 0 Å². The van der Waals surface area contributed by atoms with Gasteiger partial charge in [-0.05, 0) is 48.9 Å². The molecule has 0 bridgehead atoms. The van der Waals surface area contributed by atoms with Gasteiger partial charge in [0.25, 0.3) is 20.2 Å². The Balaban J connectivity index is 2.24. The summed E-state index contributed by atoms with van der Waals surface area (Å²) in [4.78, 5) is -0.732. The highest BCUT2D eigenvalue weighted by Gasteiger charge is 2.26. The lowest BCUT2D eigenvalue weighted by atomic mass is 10.0.